The smallest absolute Gasteiger partial charge is 0.246 e. The van der Waals surface area contributed by atoms with Crippen LogP contribution in [0.15, 0.2) is 60.7 Å². The molecule has 224 valence electrons. The monoisotopic (exact) mass is 634 g/mol. The molecule has 42 heavy (non-hydrogen) atoms. The van der Waals surface area contributed by atoms with E-state index in [4.69, 9.17) is 25.8 Å². The average molecular weight is 635 g/mol. The fourth-order valence-corrected chi connectivity index (χ4v) is 6.51. The molecule has 0 aliphatic rings. The fourth-order valence-electron chi connectivity index (χ4n) is 4.21. The third-order valence-corrected chi connectivity index (χ3v) is 9.32. The van der Waals surface area contributed by atoms with Crippen molar-refractivity contribution in [1.29, 1.82) is 0 Å². The van der Waals surface area contributed by atoms with Crippen molar-refractivity contribution in [3.63, 3.8) is 0 Å². The Morgan fingerprint density at radius 1 is 0.952 bits per heavy atom. The number of aromatic nitrogens is 4. The molecule has 2 aromatic carbocycles. The summed E-state index contributed by atoms with van der Waals surface area (Å²) in [5.41, 5.74) is 1.18. The third-order valence-electron chi connectivity index (χ3n) is 6.32. The van der Waals surface area contributed by atoms with Crippen LogP contribution >= 0.6 is 11.6 Å². The highest BCUT2D eigenvalue weighted by Gasteiger charge is 2.34. The Morgan fingerprint density at radius 3 is 2.19 bits per heavy atom. The van der Waals surface area contributed by atoms with E-state index in [1.54, 1.807) is 65.2 Å². The number of benzene rings is 2. The van der Waals surface area contributed by atoms with Crippen LogP contribution < -0.4 is 18.5 Å². The Balaban J connectivity index is 1.94. The van der Waals surface area contributed by atoms with E-state index < -0.39 is 21.9 Å². The third kappa shape index (κ3) is 6.92. The lowest BCUT2D eigenvalue weighted by Gasteiger charge is -2.26. The van der Waals surface area contributed by atoms with Crippen molar-refractivity contribution in [3.05, 3.63) is 71.2 Å². The van der Waals surface area contributed by atoms with Gasteiger partial charge in [-0.1, -0.05) is 35.9 Å². The van der Waals surface area contributed by atoms with E-state index >= 15 is 0 Å². The molecule has 0 spiro atoms. The number of aliphatic hydroxyl groups is 1. The van der Waals surface area contributed by atoms with Crippen LogP contribution in [-0.4, -0.2) is 85.2 Å². The first-order valence-corrected chi connectivity index (χ1v) is 17.0. The van der Waals surface area contributed by atoms with Crippen LogP contribution in [0.4, 0.5) is 5.95 Å². The van der Waals surface area contributed by atoms with E-state index in [1.807, 2.05) is 12.5 Å². The lowest BCUT2D eigenvalue weighted by atomic mass is 10.1. The van der Waals surface area contributed by atoms with E-state index in [-0.39, 0.29) is 29.2 Å². The van der Waals surface area contributed by atoms with Gasteiger partial charge in [0.15, 0.2) is 5.82 Å². The summed E-state index contributed by atoms with van der Waals surface area (Å²) in [5, 5.41) is 20.2. The summed E-state index contributed by atoms with van der Waals surface area (Å²) in [4.78, 5) is 4.52. The highest BCUT2D eigenvalue weighted by atomic mass is 35.5. The predicted molar refractivity (Wildman–Crippen MR) is 166 cm³/mol. The molecule has 2 aromatic heterocycles. The molecule has 2 heterocycles. The van der Waals surface area contributed by atoms with Gasteiger partial charge in [-0.3, -0.25) is 4.57 Å². The Hall–Kier alpha value is -3.52. The van der Waals surface area contributed by atoms with Crippen molar-refractivity contribution >= 4 is 38.5 Å². The number of anilines is 1. The zero-order valence-corrected chi connectivity index (χ0v) is 26.3. The summed E-state index contributed by atoms with van der Waals surface area (Å²) in [5.74, 6) is 1.29. The molecule has 0 amide bonds. The van der Waals surface area contributed by atoms with Crippen LogP contribution in [0.1, 0.15) is 11.7 Å². The number of pyridine rings is 1. The summed E-state index contributed by atoms with van der Waals surface area (Å²) in [6.07, 6.45) is 2.73. The van der Waals surface area contributed by atoms with Gasteiger partial charge >= 0.3 is 0 Å². The van der Waals surface area contributed by atoms with Gasteiger partial charge in [-0.25, -0.2) is 17.7 Å². The van der Waals surface area contributed by atoms with Gasteiger partial charge in [-0.15, -0.1) is 10.2 Å². The maximum absolute atomic E-state index is 14.1. The molecule has 0 radical (unpaired) electrons. The number of ether oxygens (including phenoxy) is 3. The molecule has 4 rings (SSSR count). The zero-order chi connectivity index (χ0) is 30.4. The van der Waals surface area contributed by atoms with Crippen molar-refractivity contribution in [1.82, 2.24) is 19.7 Å². The molecule has 0 unspecified atom stereocenters. The predicted octanol–water partition coefficient (Wildman–Crippen LogP) is 3.76. The highest BCUT2D eigenvalue weighted by molar-refractivity contribution is 7.95. The molecule has 0 aliphatic heterocycles. The number of hydrogen-bond donors (Lipinski definition) is 1. The van der Waals surface area contributed by atoms with Gasteiger partial charge in [0.1, 0.15) is 28.6 Å². The van der Waals surface area contributed by atoms with Crippen LogP contribution in [0.25, 0.3) is 17.2 Å². The molecule has 0 bridgehead atoms. The minimum absolute atomic E-state index is 0.00817. The largest absolute Gasteiger partial charge is 0.494 e. The van der Waals surface area contributed by atoms with Gasteiger partial charge in [0.25, 0.3) is 0 Å². The Morgan fingerprint density at radius 2 is 1.60 bits per heavy atom. The summed E-state index contributed by atoms with van der Waals surface area (Å²) in [6, 6.07) is 16.7. The molecule has 0 saturated carbocycles. The van der Waals surface area contributed by atoms with Crippen molar-refractivity contribution in [2.24, 2.45) is 0 Å². The summed E-state index contributed by atoms with van der Waals surface area (Å²) < 4.78 is 47.6. The number of sulfonamides is 1. The number of aliphatic hydroxyl groups excluding tert-OH is 1. The number of nitrogens with zero attached hydrogens (tertiary/aromatic N) is 5. The molecule has 1 N–H and O–H groups in total. The maximum Gasteiger partial charge on any atom is 0.246 e. The molecular formula is C28H33ClN5O6S2+. The maximum atomic E-state index is 14.1. The highest BCUT2D eigenvalue weighted by Crippen LogP contribution is 2.39. The minimum Gasteiger partial charge on any atom is -0.494 e. The van der Waals surface area contributed by atoms with Gasteiger partial charge in [-0.05, 0) is 46.8 Å². The normalized spacial score (nSPS) is 12.3. The summed E-state index contributed by atoms with van der Waals surface area (Å²) in [7, 11) is 0.217. The second kappa shape index (κ2) is 13.6. The lowest BCUT2D eigenvalue weighted by Crippen LogP contribution is -2.39. The Bertz CT molecular complexity index is 1590. The van der Waals surface area contributed by atoms with Crippen LogP contribution in [-0.2, 0) is 20.9 Å². The van der Waals surface area contributed by atoms with E-state index in [0.29, 0.717) is 45.1 Å². The Kier molecular flexibility index (Phi) is 10.2. The SMILES string of the molecule is COc1cccc(-c2nnc(N(CC[S+](C)C)S(=O)(=O)C[C@H](O)c3ccc(Cl)cc3)n2-c2c(OC)cccc2OC)n1. The van der Waals surface area contributed by atoms with Crippen LogP contribution in [0.2, 0.25) is 5.02 Å². The van der Waals surface area contributed by atoms with Crippen LogP contribution in [0.3, 0.4) is 0 Å². The molecule has 1 atom stereocenters. The quantitative estimate of drug-likeness (QED) is 0.219. The first-order valence-electron chi connectivity index (χ1n) is 12.8. The van der Waals surface area contributed by atoms with E-state index in [1.165, 1.54) is 25.6 Å². The molecule has 0 fully saturated rings. The lowest BCUT2D eigenvalue weighted by molar-refractivity contribution is 0.201. The topological polar surface area (TPSA) is 129 Å². The van der Waals surface area contributed by atoms with E-state index in [0.717, 1.165) is 0 Å². The van der Waals surface area contributed by atoms with Gasteiger partial charge in [-0.2, -0.15) is 0 Å². The second-order valence-corrected chi connectivity index (χ2v) is 14.1. The molecular weight excluding hydrogens is 602 g/mol. The number of methoxy groups -OCH3 is 3. The standard InChI is InChI=1S/C28H33ClN5O6S2/c1-38-23-9-7-10-24(39-2)26(23)34-27(21-8-6-11-25(30-21)40-3)31-32-28(34)33(16-17-41(4)5)42(36,37)18-22(35)19-12-14-20(29)15-13-19/h6-15,22,35H,16-18H2,1-5H3/q+1/t22-/m0/s1. The van der Waals surface area contributed by atoms with Crippen molar-refractivity contribution in [2.75, 3.05) is 56.2 Å². The average Bonchev–Trinajstić information content (AvgIpc) is 3.40. The first kappa shape index (κ1) is 31.4. The van der Waals surface area contributed by atoms with Crippen molar-refractivity contribution in [3.8, 4) is 34.6 Å². The minimum atomic E-state index is -4.18. The van der Waals surface area contributed by atoms with Gasteiger partial charge in [0.05, 0.1) is 52.2 Å². The zero-order valence-electron chi connectivity index (χ0n) is 23.9. The molecule has 11 nitrogen and oxygen atoms in total. The van der Waals surface area contributed by atoms with Gasteiger partial charge < -0.3 is 19.3 Å². The second-order valence-electron chi connectivity index (χ2n) is 9.34. The summed E-state index contributed by atoms with van der Waals surface area (Å²) in [6.45, 7) is 0.0902. The number of rotatable bonds is 13. The van der Waals surface area contributed by atoms with Crippen molar-refractivity contribution in [2.45, 2.75) is 6.10 Å². The molecule has 4 aromatic rings. The van der Waals surface area contributed by atoms with E-state index in [2.05, 4.69) is 15.2 Å². The fraction of sp³-hybridized carbons (Fsp3) is 0.321. The van der Waals surface area contributed by atoms with E-state index in [9.17, 15) is 13.5 Å². The number of para-hydroxylation sites is 1. The summed E-state index contributed by atoms with van der Waals surface area (Å²) >= 11 is 5.99. The molecule has 0 saturated heterocycles. The number of halogens is 1. The van der Waals surface area contributed by atoms with Gasteiger partial charge in [0.2, 0.25) is 21.9 Å². The molecule has 14 heteroatoms. The number of hydrogen-bond acceptors (Lipinski definition) is 9. The first-order chi connectivity index (χ1) is 20.1. The Labute approximate surface area is 253 Å². The van der Waals surface area contributed by atoms with Gasteiger partial charge in [0, 0.05) is 11.1 Å². The van der Waals surface area contributed by atoms with Crippen molar-refractivity contribution < 1.29 is 27.7 Å². The van der Waals surface area contributed by atoms with Crippen LogP contribution in [0, 0.1) is 0 Å². The van der Waals surface area contributed by atoms with Crippen LogP contribution in [0.5, 0.6) is 17.4 Å². The molecule has 0 aliphatic carbocycles.